The van der Waals surface area contributed by atoms with Crippen LogP contribution >= 0.6 is 0 Å². The third kappa shape index (κ3) is 11.3. The molecule has 1 atom stereocenters. The lowest BCUT2D eigenvalue weighted by Crippen LogP contribution is -2.27. The summed E-state index contributed by atoms with van der Waals surface area (Å²) in [5, 5.41) is 0. The molecular formula is C20H37NO2. The van der Waals surface area contributed by atoms with Crippen molar-refractivity contribution in [2.45, 2.75) is 66.1 Å². The minimum atomic E-state index is 0.0153. The van der Waals surface area contributed by atoms with Crippen molar-refractivity contribution < 1.29 is 9.47 Å². The highest BCUT2D eigenvalue weighted by Gasteiger charge is 2.19. The van der Waals surface area contributed by atoms with E-state index in [1.54, 1.807) is 0 Å². The molecule has 0 radical (unpaired) electrons. The van der Waals surface area contributed by atoms with E-state index in [2.05, 4.69) is 26.0 Å². The van der Waals surface area contributed by atoms with Gasteiger partial charge in [-0.1, -0.05) is 57.0 Å². The second kappa shape index (κ2) is 16.0. The van der Waals surface area contributed by atoms with Crippen LogP contribution in [0.1, 0.15) is 58.9 Å². The first-order chi connectivity index (χ1) is 11.2. The fourth-order valence-electron chi connectivity index (χ4n) is 2.46. The first kappa shape index (κ1) is 22.1. The SMILES string of the molecule is CCCCC(CC)C(OCC)OCC.NCCc1ccccc1. The molecule has 0 spiro atoms. The zero-order valence-corrected chi connectivity index (χ0v) is 15.6. The first-order valence-corrected chi connectivity index (χ1v) is 9.20. The molecule has 134 valence electrons. The molecule has 0 heterocycles. The van der Waals surface area contributed by atoms with Gasteiger partial charge in [-0.05, 0) is 45.2 Å². The first-order valence-electron chi connectivity index (χ1n) is 9.20. The van der Waals surface area contributed by atoms with Crippen molar-refractivity contribution in [3.63, 3.8) is 0 Å². The lowest BCUT2D eigenvalue weighted by Gasteiger charge is -2.25. The van der Waals surface area contributed by atoms with Crippen LogP contribution in [0.2, 0.25) is 0 Å². The second-order valence-corrected chi connectivity index (χ2v) is 5.61. The third-order valence-electron chi connectivity index (χ3n) is 3.78. The molecule has 0 amide bonds. The molecule has 23 heavy (non-hydrogen) atoms. The quantitative estimate of drug-likeness (QED) is 0.595. The van der Waals surface area contributed by atoms with Gasteiger partial charge in [0.15, 0.2) is 6.29 Å². The molecule has 3 nitrogen and oxygen atoms in total. The number of unbranched alkanes of at least 4 members (excludes halogenated alkanes) is 1. The summed E-state index contributed by atoms with van der Waals surface area (Å²) in [6.07, 6.45) is 5.89. The highest BCUT2D eigenvalue weighted by molar-refractivity contribution is 5.14. The summed E-state index contributed by atoms with van der Waals surface area (Å²) in [5.74, 6) is 0.565. The minimum absolute atomic E-state index is 0.0153. The largest absolute Gasteiger partial charge is 0.353 e. The molecule has 2 N–H and O–H groups in total. The zero-order chi connectivity index (χ0) is 17.3. The van der Waals surface area contributed by atoms with Crippen LogP contribution in [-0.4, -0.2) is 26.0 Å². The van der Waals surface area contributed by atoms with E-state index < -0.39 is 0 Å². The smallest absolute Gasteiger partial charge is 0.160 e. The molecule has 0 fully saturated rings. The maximum absolute atomic E-state index is 5.61. The molecule has 0 saturated heterocycles. The Morgan fingerprint density at radius 3 is 2.00 bits per heavy atom. The number of hydrogen-bond acceptors (Lipinski definition) is 3. The molecule has 1 rings (SSSR count). The van der Waals surface area contributed by atoms with Gasteiger partial charge in [0.1, 0.15) is 0 Å². The van der Waals surface area contributed by atoms with Crippen molar-refractivity contribution in [1.29, 1.82) is 0 Å². The lowest BCUT2D eigenvalue weighted by atomic mass is 9.99. The van der Waals surface area contributed by atoms with Gasteiger partial charge in [0.05, 0.1) is 0 Å². The predicted molar refractivity (Wildman–Crippen MR) is 99.5 cm³/mol. The van der Waals surface area contributed by atoms with Crippen molar-refractivity contribution >= 4 is 0 Å². The van der Waals surface area contributed by atoms with E-state index in [-0.39, 0.29) is 6.29 Å². The number of hydrogen-bond donors (Lipinski definition) is 1. The summed E-state index contributed by atoms with van der Waals surface area (Å²) in [7, 11) is 0. The predicted octanol–water partition coefficient (Wildman–Crippen LogP) is 4.79. The van der Waals surface area contributed by atoms with Crippen LogP contribution in [0.4, 0.5) is 0 Å². The summed E-state index contributed by atoms with van der Waals surface area (Å²) in [5.41, 5.74) is 6.68. The molecule has 0 bridgehead atoms. The van der Waals surface area contributed by atoms with Gasteiger partial charge in [-0.25, -0.2) is 0 Å². The van der Waals surface area contributed by atoms with Crippen LogP contribution in [0.3, 0.4) is 0 Å². The van der Waals surface area contributed by atoms with E-state index in [1.807, 2.05) is 32.0 Å². The Labute approximate surface area is 143 Å². The van der Waals surface area contributed by atoms with Crippen LogP contribution in [-0.2, 0) is 15.9 Å². The van der Waals surface area contributed by atoms with E-state index in [0.29, 0.717) is 5.92 Å². The molecule has 0 aliphatic heterocycles. The highest BCUT2D eigenvalue weighted by atomic mass is 16.7. The van der Waals surface area contributed by atoms with Gasteiger partial charge < -0.3 is 15.2 Å². The van der Waals surface area contributed by atoms with Crippen LogP contribution in [0.25, 0.3) is 0 Å². The standard InChI is InChI=1S/C12H26O2.C8H11N/c1-5-9-10-11(6-2)12(13-7-3)14-8-4;9-7-6-8-4-2-1-3-5-8/h11-12H,5-10H2,1-4H3;1-5H,6-7,9H2. The van der Waals surface area contributed by atoms with Gasteiger partial charge in [0, 0.05) is 19.1 Å². The summed E-state index contributed by atoms with van der Waals surface area (Å²) in [4.78, 5) is 0. The Kier molecular flexibility index (Phi) is 15.4. The van der Waals surface area contributed by atoms with Crippen molar-refractivity contribution in [3.05, 3.63) is 35.9 Å². The fraction of sp³-hybridized carbons (Fsp3) is 0.700. The Morgan fingerprint density at radius 2 is 1.57 bits per heavy atom. The second-order valence-electron chi connectivity index (χ2n) is 5.61. The monoisotopic (exact) mass is 323 g/mol. The Hall–Kier alpha value is -0.900. The topological polar surface area (TPSA) is 44.5 Å². The van der Waals surface area contributed by atoms with Gasteiger partial charge in [-0.15, -0.1) is 0 Å². The van der Waals surface area contributed by atoms with Gasteiger partial charge in [0.25, 0.3) is 0 Å². The van der Waals surface area contributed by atoms with Crippen molar-refractivity contribution in [1.82, 2.24) is 0 Å². The van der Waals surface area contributed by atoms with Crippen molar-refractivity contribution in [3.8, 4) is 0 Å². The molecule has 0 aliphatic carbocycles. The summed E-state index contributed by atoms with van der Waals surface area (Å²) in [6, 6.07) is 10.3. The fourth-order valence-corrected chi connectivity index (χ4v) is 2.46. The van der Waals surface area contributed by atoms with Crippen molar-refractivity contribution in [2.24, 2.45) is 11.7 Å². The van der Waals surface area contributed by atoms with E-state index in [0.717, 1.165) is 32.6 Å². The van der Waals surface area contributed by atoms with Crippen LogP contribution in [0.5, 0.6) is 0 Å². The summed E-state index contributed by atoms with van der Waals surface area (Å²) in [6.45, 7) is 10.7. The lowest BCUT2D eigenvalue weighted by molar-refractivity contribution is -0.169. The Morgan fingerprint density at radius 1 is 0.957 bits per heavy atom. The van der Waals surface area contributed by atoms with E-state index in [9.17, 15) is 0 Å². The summed E-state index contributed by atoms with van der Waals surface area (Å²) < 4.78 is 11.2. The number of ether oxygens (including phenoxy) is 2. The van der Waals surface area contributed by atoms with E-state index in [4.69, 9.17) is 15.2 Å². The normalized spacial score (nSPS) is 11.9. The minimum Gasteiger partial charge on any atom is -0.353 e. The van der Waals surface area contributed by atoms with Gasteiger partial charge in [-0.3, -0.25) is 0 Å². The van der Waals surface area contributed by atoms with E-state index >= 15 is 0 Å². The number of rotatable bonds is 11. The highest BCUT2D eigenvalue weighted by Crippen LogP contribution is 2.20. The third-order valence-corrected chi connectivity index (χ3v) is 3.78. The van der Waals surface area contributed by atoms with Crippen LogP contribution in [0, 0.1) is 5.92 Å². The van der Waals surface area contributed by atoms with Gasteiger partial charge >= 0.3 is 0 Å². The number of benzene rings is 1. The number of nitrogens with two attached hydrogens (primary N) is 1. The maximum Gasteiger partial charge on any atom is 0.160 e. The maximum atomic E-state index is 5.61. The molecule has 1 unspecified atom stereocenters. The average molecular weight is 324 g/mol. The van der Waals surface area contributed by atoms with Crippen LogP contribution in [0.15, 0.2) is 30.3 Å². The molecule has 0 aliphatic rings. The average Bonchev–Trinajstić information content (AvgIpc) is 2.58. The molecule has 1 aromatic carbocycles. The van der Waals surface area contributed by atoms with Gasteiger partial charge in [0.2, 0.25) is 0 Å². The molecule has 0 aromatic heterocycles. The zero-order valence-electron chi connectivity index (χ0n) is 15.6. The van der Waals surface area contributed by atoms with Crippen LogP contribution < -0.4 is 5.73 Å². The Balaban J connectivity index is 0.000000459. The van der Waals surface area contributed by atoms with Crippen molar-refractivity contribution in [2.75, 3.05) is 19.8 Å². The summed E-state index contributed by atoms with van der Waals surface area (Å²) >= 11 is 0. The molecule has 3 heteroatoms. The van der Waals surface area contributed by atoms with Gasteiger partial charge in [-0.2, -0.15) is 0 Å². The Bertz CT molecular complexity index is 337. The molecule has 1 aromatic rings. The van der Waals surface area contributed by atoms with E-state index in [1.165, 1.54) is 24.8 Å². The molecular weight excluding hydrogens is 286 g/mol. The molecule has 0 saturated carbocycles.